The van der Waals surface area contributed by atoms with Gasteiger partial charge in [-0.25, -0.2) is 9.97 Å². The second-order valence-corrected chi connectivity index (χ2v) is 6.10. The zero-order valence-electron chi connectivity index (χ0n) is 13.8. The first-order valence-electron chi connectivity index (χ1n) is 7.40. The fourth-order valence-corrected chi connectivity index (χ4v) is 1.68. The van der Waals surface area contributed by atoms with Crippen molar-refractivity contribution in [3.63, 3.8) is 0 Å². The van der Waals surface area contributed by atoms with Crippen LogP contribution in [0.3, 0.4) is 0 Å². The van der Waals surface area contributed by atoms with Crippen molar-refractivity contribution in [2.75, 3.05) is 17.6 Å². The first kappa shape index (κ1) is 17.2. The fraction of sp³-hybridized carbons (Fsp3) is 0.667. The molecular formula is C15H27N5O. The molecule has 0 fully saturated rings. The average Bonchev–Trinajstić information content (AvgIpc) is 2.40. The Morgan fingerprint density at radius 1 is 1.19 bits per heavy atom. The number of aromatic nitrogens is 2. The Bertz CT molecular complexity index is 499. The summed E-state index contributed by atoms with van der Waals surface area (Å²) in [6.07, 6.45) is 0. The Hall–Kier alpha value is -1.85. The summed E-state index contributed by atoms with van der Waals surface area (Å²) in [5.74, 6) is 2.30. The summed E-state index contributed by atoms with van der Waals surface area (Å²) in [5.41, 5.74) is 6.68. The number of hydrogen-bond acceptors (Lipinski definition) is 5. The number of nitrogens with one attached hydrogen (secondary N) is 2. The average molecular weight is 293 g/mol. The minimum absolute atomic E-state index is 0.0496. The second kappa shape index (κ2) is 7.24. The molecule has 21 heavy (non-hydrogen) atoms. The maximum atomic E-state index is 12.0. The standard InChI is InChI=1S/C15H27N5O/c1-8(2)7-17-15(21)11(6)18-14-10(5)12(16)19-13(20-14)9(3)4/h8-9,11H,7H2,1-6H3,(H,17,21)(H3,16,18,19,20). The van der Waals surface area contributed by atoms with Crippen LogP contribution in [0.25, 0.3) is 0 Å². The Morgan fingerprint density at radius 2 is 1.81 bits per heavy atom. The van der Waals surface area contributed by atoms with Crippen molar-refractivity contribution in [2.45, 2.75) is 53.5 Å². The third-order valence-corrected chi connectivity index (χ3v) is 3.15. The molecular weight excluding hydrogens is 266 g/mol. The summed E-state index contributed by atoms with van der Waals surface area (Å²) in [6, 6.07) is -0.378. The molecule has 1 heterocycles. The maximum Gasteiger partial charge on any atom is 0.242 e. The molecule has 0 aliphatic heterocycles. The van der Waals surface area contributed by atoms with Crippen molar-refractivity contribution in [3.05, 3.63) is 11.4 Å². The van der Waals surface area contributed by atoms with Gasteiger partial charge in [0.15, 0.2) is 0 Å². The van der Waals surface area contributed by atoms with E-state index in [0.29, 0.717) is 29.9 Å². The van der Waals surface area contributed by atoms with E-state index in [1.807, 2.05) is 27.7 Å². The number of nitrogen functional groups attached to an aromatic ring is 1. The zero-order chi connectivity index (χ0) is 16.2. The van der Waals surface area contributed by atoms with Gasteiger partial charge in [-0.15, -0.1) is 0 Å². The van der Waals surface area contributed by atoms with E-state index in [2.05, 4.69) is 34.4 Å². The second-order valence-electron chi connectivity index (χ2n) is 6.10. The minimum atomic E-state index is -0.378. The van der Waals surface area contributed by atoms with Crippen LogP contribution in [0.5, 0.6) is 0 Å². The molecule has 1 atom stereocenters. The van der Waals surface area contributed by atoms with Gasteiger partial charge in [0.2, 0.25) is 5.91 Å². The lowest BCUT2D eigenvalue weighted by Crippen LogP contribution is -2.39. The van der Waals surface area contributed by atoms with Gasteiger partial charge < -0.3 is 16.4 Å². The molecule has 0 radical (unpaired) electrons. The number of hydrogen-bond donors (Lipinski definition) is 3. The van der Waals surface area contributed by atoms with Gasteiger partial charge in [0.1, 0.15) is 23.5 Å². The van der Waals surface area contributed by atoms with E-state index in [4.69, 9.17) is 5.73 Å². The van der Waals surface area contributed by atoms with Crippen molar-refractivity contribution in [2.24, 2.45) is 5.92 Å². The van der Waals surface area contributed by atoms with Gasteiger partial charge in [-0.3, -0.25) is 4.79 Å². The smallest absolute Gasteiger partial charge is 0.242 e. The predicted octanol–water partition coefficient (Wildman–Crippen LogP) is 2.06. The number of nitrogens with zero attached hydrogens (tertiary/aromatic N) is 2. The molecule has 0 aromatic carbocycles. The van der Waals surface area contributed by atoms with Crippen molar-refractivity contribution >= 4 is 17.5 Å². The van der Waals surface area contributed by atoms with Crippen LogP contribution in [0.15, 0.2) is 0 Å². The van der Waals surface area contributed by atoms with Crippen LogP contribution in [0.1, 0.15) is 51.9 Å². The fourth-order valence-electron chi connectivity index (χ4n) is 1.68. The molecule has 0 spiro atoms. The zero-order valence-corrected chi connectivity index (χ0v) is 13.8. The molecule has 1 aromatic rings. The van der Waals surface area contributed by atoms with Crippen LogP contribution < -0.4 is 16.4 Å². The Labute approximate surface area is 126 Å². The highest BCUT2D eigenvalue weighted by atomic mass is 16.2. The Kier molecular flexibility index (Phi) is 5.93. The van der Waals surface area contributed by atoms with E-state index in [-0.39, 0.29) is 17.9 Å². The maximum absolute atomic E-state index is 12.0. The number of nitrogens with two attached hydrogens (primary N) is 1. The van der Waals surface area contributed by atoms with Crippen molar-refractivity contribution in [1.82, 2.24) is 15.3 Å². The summed E-state index contributed by atoms with van der Waals surface area (Å²) < 4.78 is 0. The SMILES string of the molecule is Cc1c(N)nc(C(C)C)nc1NC(C)C(=O)NCC(C)C. The van der Waals surface area contributed by atoms with Gasteiger partial charge in [0.25, 0.3) is 0 Å². The molecule has 1 amide bonds. The summed E-state index contributed by atoms with van der Waals surface area (Å²) in [6.45, 7) is 12.4. The summed E-state index contributed by atoms with van der Waals surface area (Å²) >= 11 is 0. The van der Waals surface area contributed by atoms with Crippen LogP contribution in [-0.2, 0) is 4.79 Å². The van der Waals surface area contributed by atoms with Gasteiger partial charge in [0.05, 0.1) is 0 Å². The number of anilines is 2. The highest BCUT2D eigenvalue weighted by Crippen LogP contribution is 2.21. The first-order valence-corrected chi connectivity index (χ1v) is 7.40. The lowest BCUT2D eigenvalue weighted by molar-refractivity contribution is -0.121. The Balaban J connectivity index is 2.84. The van der Waals surface area contributed by atoms with Crippen molar-refractivity contribution in [1.29, 1.82) is 0 Å². The molecule has 118 valence electrons. The lowest BCUT2D eigenvalue weighted by atomic mass is 10.2. The van der Waals surface area contributed by atoms with Crippen LogP contribution in [0.4, 0.5) is 11.6 Å². The largest absolute Gasteiger partial charge is 0.383 e. The quantitative estimate of drug-likeness (QED) is 0.746. The van der Waals surface area contributed by atoms with Gasteiger partial charge >= 0.3 is 0 Å². The summed E-state index contributed by atoms with van der Waals surface area (Å²) in [7, 11) is 0. The molecule has 0 aliphatic carbocycles. The highest BCUT2D eigenvalue weighted by Gasteiger charge is 2.17. The molecule has 0 saturated carbocycles. The van der Waals surface area contributed by atoms with Gasteiger partial charge in [-0.2, -0.15) is 0 Å². The number of carbonyl (C=O) groups excluding carboxylic acids is 1. The first-order chi connectivity index (χ1) is 9.72. The third kappa shape index (κ3) is 4.88. The van der Waals surface area contributed by atoms with E-state index < -0.39 is 0 Å². The van der Waals surface area contributed by atoms with Crippen LogP contribution in [-0.4, -0.2) is 28.5 Å². The summed E-state index contributed by atoms with van der Waals surface area (Å²) in [4.78, 5) is 20.8. The summed E-state index contributed by atoms with van der Waals surface area (Å²) in [5, 5.41) is 6.02. The van der Waals surface area contributed by atoms with Crippen LogP contribution in [0.2, 0.25) is 0 Å². The van der Waals surface area contributed by atoms with Gasteiger partial charge in [0, 0.05) is 18.0 Å². The van der Waals surface area contributed by atoms with Gasteiger partial charge in [-0.05, 0) is 19.8 Å². The number of carbonyl (C=O) groups is 1. The normalized spacial score (nSPS) is 12.6. The van der Waals surface area contributed by atoms with Crippen LogP contribution >= 0.6 is 0 Å². The lowest BCUT2D eigenvalue weighted by Gasteiger charge is -2.18. The Morgan fingerprint density at radius 3 is 2.33 bits per heavy atom. The van der Waals surface area contributed by atoms with E-state index in [1.54, 1.807) is 0 Å². The number of amides is 1. The third-order valence-electron chi connectivity index (χ3n) is 3.15. The minimum Gasteiger partial charge on any atom is -0.383 e. The molecule has 1 rings (SSSR count). The molecule has 0 bridgehead atoms. The van der Waals surface area contributed by atoms with Gasteiger partial charge in [-0.1, -0.05) is 27.7 Å². The predicted molar refractivity (Wildman–Crippen MR) is 86.2 cm³/mol. The highest BCUT2D eigenvalue weighted by molar-refractivity contribution is 5.84. The molecule has 6 nitrogen and oxygen atoms in total. The van der Waals surface area contributed by atoms with Crippen molar-refractivity contribution < 1.29 is 4.79 Å². The van der Waals surface area contributed by atoms with E-state index in [9.17, 15) is 4.79 Å². The molecule has 0 saturated heterocycles. The molecule has 1 aromatic heterocycles. The monoisotopic (exact) mass is 293 g/mol. The molecule has 1 unspecified atom stereocenters. The van der Waals surface area contributed by atoms with Crippen LogP contribution in [0, 0.1) is 12.8 Å². The number of rotatable bonds is 6. The molecule has 4 N–H and O–H groups in total. The van der Waals surface area contributed by atoms with E-state index in [1.165, 1.54) is 0 Å². The topological polar surface area (TPSA) is 92.9 Å². The molecule has 6 heteroatoms. The van der Waals surface area contributed by atoms with Crippen molar-refractivity contribution in [3.8, 4) is 0 Å². The van der Waals surface area contributed by atoms with E-state index in [0.717, 1.165) is 5.56 Å². The molecule has 0 aliphatic rings. The van der Waals surface area contributed by atoms with E-state index >= 15 is 0 Å².